The summed E-state index contributed by atoms with van der Waals surface area (Å²) >= 11 is 0. The monoisotopic (exact) mass is 405 g/mol. The van der Waals surface area contributed by atoms with Crippen LogP contribution in [0.25, 0.3) is 21.7 Å². The van der Waals surface area contributed by atoms with E-state index in [2.05, 4.69) is 37.3 Å². The van der Waals surface area contributed by atoms with E-state index in [0.717, 1.165) is 44.2 Å². The third-order valence-corrected chi connectivity index (χ3v) is 6.41. The van der Waals surface area contributed by atoms with Crippen molar-refractivity contribution in [2.45, 2.75) is 38.6 Å². The van der Waals surface area contributed by atoms with Crippen LogP contribution in [-0.4, -0.2) is 10.9 Å². The molecule has 1 aliphatic rings. The summed E-state index contributed by atoms with van der Waals surface area (Å²) in [6.45, 7) is 4.49. The Morgan fingerprint density at radius 1 is 1.03 bits per heavy atom. The molecular weight excluding hydrogens is 382 g/mol. The van der Waals surface area contributed by atoms with Gasteiger partial charge in [0.2, 0.25) is 5.91 Å². The van der Waals surface area contributed by atoms with Gasteiger partial charge in [-0.3, -0.25) is 9.78 Å². The average Bonchev–Trinajstić information content (AvgIpc) is 2.79. The van der Waals surface area contributed by atoms with E-state index < -0.39 is 5.41 Å². The number of carbonyl (C=O) groups excluding carboxylic acids is 1. The number of aryl methyl sites for hydroxylation is 1. The van der Waals surface area contributed by atoms with Gasteiger partial charge in [-0.25, -0.2) is 0 Å². The van der Waals surface area contributed by atoms with Gasteiger partial charge >= 0.3 is 0 Å². The smallest absolute Gasteiger partial charge is 0.239 e. The van der Waals surface area contributed by atoms with Crippen molar-refractivity contribution in [3.63, 3.8) is 0 Å². The summed E-state index contributed by atoms with van der Waals surface area (Å²) < 4.78 is 0. The Balaban J connectivity index is 1.83. The average molecular weight is 406 g/mol. The largest absolute Gasteiger partial charge is 0.306 e. The number of benzene rings is 3. The molecule has 3 aromatic carbocycles. The minimum atomic E-state index is -0.852. The zero-order chi connectivity index (χ0) is 21.6. The molecule has 0 N–H and O–H groups in total. The number of aromatic nitrogens is 1. The third-order valence-electron chi connectivity index (χ3n) is 6.41. The Hall–Kier alpha value is -3.71. The summed E-state index contributed by atoms with van der Waals surface area (Å²) in [5.74, 6) is 0.00565. The lowest BCUT2D eigenvalue weighted by molar-refractivity contribution is -0.124. The van der Waals surface area contributed by atoms with E-state index >= 15 is 0 Å². The first-order chi connectivity index (χ1) is 15.0. The first-order valence-corrected chi connectivity index (χ1v) is 10.6. The molecule has 5 rings (SSSR count). The molecule has 4 nitrogen and oxygen atoms in total. The number of rotatable bonds is 4. The quantitative estimate of drug-likeness (QED) is 0.403. The van der Waals surface area contributed by atoms with Crippen LogP contribution in [0.3, 0.4) is 0 Å². The van der Waals surface area contributed by atoms with Gasteiger partial charge in [-0.05, 0) is 48.9 Å². The lowest BCUT2D eigenvalue weighted by Crippen LogP contribution is -2.48. The van der Waals surface area contributed by atoms with Crippen molar-refractivity contribution in [1.82, 2.24) is 4.98 Å². The molecule has 4 heteroatoms. The van der Waals surface area contributed by atoms with Crippen LogP contribution in [0, 0.1) is 18.3 Å². The van der Waals surface area contributed by atoms with Gasteiger partial charge in [0.1, 0.15) is 0 Å². The number of hydrogen-bond acceptors (Lipinski definition) is 3. The molecule has 0 bridgehead atoms. The van der Waals surface area contributed by atoms with Crippen molar-refractivity contribution in [2.75, 3.05) is 4.90 Å². The molecule has 0 saturated heterocycles. The number of nitriles is 1. The lowest BCUT2D eigenvalue weighted by Gasteiger charge is -2.40. The van der Waals surface area contributed by atoms with Crippen LogP contribution in [-0.2, 0) is 16.8 Å². The van der Waals surface area contributed by atoms with Gasteiger partial charge in [-0.15, -0.1) is 0 Å². The summed E-state index contributed by atoms with van der Waals surface area (Å²) in [5, 5.41) is 12.5. The molecule has 0 aliphatic carbocycles. The van der Waals surface area contributed by atoms with Gasteiger partial charge in [0.05, 0.1) is 34.9 Å². The van der Waals surface area contributed by atoms with Crippen LogP contribution in [0.15, 0.2) is 66.7 Å². The summed E-state index contributed by atoms with van der Waals surface area (Å²) in [6.07, 6.45) is 0.750. The summed E-state index contributed by atoms with van der Waals surface area (Å²) in [4.78, 5) is 20.9. The molecule has 0 spiro atoms. The Kier molecular flexibility index (Phi) is 4.48. The third kappa shape index (κ3) is 2.97. The molecule has 1 amide bonds. The molecule has 0 fully saturated rings. The zero-order valence-electron chi connectivity index (χ0n) is 17.7. The van der Waals surface area contributed by atoms with Gasteiger partial charge in [-0.1, -0.05) is 54.6 Å². The normalized spacial score (nSPS) is 17.8. The number of fused-ring (bicyclic) bond motifs is 2. The van der Waals surface area contributed by atoms with Crippen molar-refractivity contribution in [1.29, 1.82) is 5.26 Å². The van der Waals surface area contributed by atoms with E-state index in [-0.39, 0.29) is 5.91 Å². The summed E-state index contributed by atoms with van der Waals surface area (Å²) in [7, 11) is 0. The molecule has 1 unspecified atom stereocenters. The van der Waals surface area contributed by atoms with Gasteiger partial charge in [0.15, 0.2) is 0 Å². The molecule has 0 saturated carbocycles. The Morgan fingerprint density at radius 3 is 2.61 bits per heavy atom. The molecule has 1 aliphatic heterocycles. The SMILES string of the molecule is Cc1ccc2c(c1)nc1c3c(cccc32)N(Cc2ccccc2)C(=O)C1(C)CCC#N. The second-order valence-corrected chi connectivity index (χ2v) is 8.55. The Labute approximate surface area is 181 Å². The molecule has 2 heterocycles. The van der Waals surface area contributed by atoms with E-state index in [1.165, 1.54) is 0 Å². The van der Waals surface area contributed by atoms with Gasteiger partial charge < -0.3 is 4.90 Å². The molecule has 0 radical (unpaired) electrons. The number of carbonyl (C=O) groups is 1. The first kappa shape index (κ1) is 19.3. The van der Waals surface area contributed by atoms with E-state index in [1.807, 2.05) is 54.3 Å². The van der Waals surface area contributed by atoms with Crippen molar-refractivity contribution >= 4 is 33.3 Å². The highest BCUT2D eigenvalue weighted by Crippen LogP contribution is 2.46. The van der Waals surface area contributed by atoms with Gasteiger partial charge in [0, 0.05) is 17.2 Å². The lowest BCUT2D eigenvalue weighted by atomic mass is 9.75. The highest BCUT2D eigenvalue weighted by molar-refractivity contribution is 6.19. The maximum atomic E-state index is 13.9. The van der Waals surface area contributed by atoms with Crippen LogP contribution in [0.2, 0.25) is 0 Å². The highest BCUT2D eigenvalue weighted by Gasteiger charge is 2.45. The van der Waals surface area contributed by atoms with Crippen LogP contribution >= 0.6 is 0 Å². The number of anilines is 1. The molecular formula is C27H23N3O. The maximum Gasteiger partial charge on any atom is 0.239 e. The second-order valence-electron chi connectivity index (χ2n) is 8.55. The van der Waals surface area contributed by atoms with E-state index in [0.29, 0.717) is 19.4 Å². The van der Waals surface area contributed by atoms with Crippen molar-refractivity contribution in [2.24, 2.45) is 0 Å². The fraction of sp³-hybridized carbons (Fsp3) is 0.222. The number of nitrogens with zero attached hydrogens (tertiary/aromatic N) is 3. The maximum absolute atomic E-state index is 13.9. The van der Waals surface area contributed by atoms with E-state index in [9.17, 15) is 10.1 Å². The standard InChI is InChI=1S/C27H23N3O/c1-18-12-13-20-21-10-6-11-23-24(21)25(29-22(20)16-18)27(2,14-7-15-28)26(31)30(23)17-19-8-4-3-5-9-19/h3-6,8-13,16H,7,14,17H2,1-2H3. The summed E-state index contributed by atoms with van der Waals surface area (Å²) in [6, 6.07) is 24.7. The minimum Gasteiger partial charge on any atom is -0.306 e. The highest BCUT2D eigenvalue weighted by atomic mass is 16.2. The minimum absolute atomic E-state index is 0.00565. The predicted octanol–water partition coefficient (Wildman–Crippen LogP) is 5.80. The van der Waals surface area contributed by atoms with Gasteiger partial charge in [-0.2, -0.15) is 5.26 Å². The summed E-state index contributed by atoms with van der Waals surface area (Å²) in [5.41, 5.74) is 3.94. The number of pyridine rings is 1. The number of hydrogen-bond donors (Lipinski definition) is 0. The topological polar surface area (TPSA) is 57.0 Å². The molecule has 31 heavy (non-hydrogen) atoms. The van der Waals surface area contributed by atoms with Crippen LogP contribution < -0.4 is 4.90 Å². The molecule has 1 atom stereocenters. The van der Waals surface area contributed by atoms with Crippen molar-refractivity contribution in [3.8, 4) is 6.07 Å². The fourth-order valence-electron chi connectivity index (χ4n) is 4.74. The molecule has 152 valence electrons. The van der Waals surface area contributed by atoms with Gasteiger partial charge in [0.25, 0.3) is 0 Å². The Morgan fingerprint density at radius 2 is 1.84 bits per heavy atom. The predicted molar refractivity (Wildman–Crippen MR) is 124 cm³/mol. The first-order valence-electron chi connectivity index (χ1n) is 10.6. The van der Waals surface area contributed by atoms with E-state index in [4.69, 9.17) is 4.98 Å². The van der Waals surface area contributed by atoms with Crippen molar-refractivity contribution in [3.05, 3.63) is 83.6 Å². The molecule has 4 aromatic rings. The van der Waals surface area contributed by atoms with E-state index in [1.54, 1.807) is 0 Å². The molecule has 1 aromatic heterocycles. The van der Waals surface area contributed by atoms with Crippen LogP contribution in [0.5, 0.6) is 0 Å². The van der Waals surface area contributed by atoms with Crippen molar-refractivity contribution < 1.29 is 4.79 Å². The van der Waals surface area contributed by atoms with Crippen LogP contribution in [0.1, 0.15) is 36.6 Å². The zero-order valence-corrected chi connectivity index (χ0v) is 17.7. The van der Waals surface area contributed by atoms with Crippen LogP contribution in [0.4, 0.5) is 5.69 Å². The number of amides is 1. The Bertz CT molecular complexity index is 1370. The second kappa shape index (κ2) is 7.21. The fourth-order valence-corrected chi connectivity index (χ4v) is 4.74.